The Morgan fingerprint density at radius 3 is 2.71 bits per heavy atom. The molecule has 1 saturated heterocycles. The van der Waals surface area contributed by atoms with Gasteiger partial charge in [-0.25, -0.2) is 0 Å². The highest BCUT2D eigenvalue weighted by atomic mass is 35.5. The number of carbonyl (C=O) groups is 1. The van der Waals surface area contributed by atoms with Crippen molar-refractivity contribution in [3.05, 3.63) is 33.8 Å². The molecule has 1 amide bonds. The number of aliphatic hydroxyl groups excluding tert-OH is 1. The molecule has 0 spiro atoms. The molecule has 2 rings (SSSR count). The molecule has 2 unspecified atom stereocenters. The monoisotopic (exact) mass is 330 g/mol. The second-order valence-electron chi connectivity index (χ2n) is 5.42. The molecule has 0 aliphatic carbocycles. The number of amides is 1. The van der Waals surface area contributed by atoms with Crippen LogP contribution in [0.4, 0.5) is 0 Å². The van der Waals surface area contributed by atoms with Crippen molar-refractivity contribution < 1.29 is 9.90 Å². The Balaban J connectivity index is 1.86. The summed E-state index contributed by atoms with van der Waals surface area (Å²) in [4.78, 5) is 14.1. The van der Waals surface area contributed by atoms with Crippen LogP contribution in [0.5, 0.6) is 0 Å². The quantitative estimate of drug-likeness (QED) is 0.872. The number of carbonyl (C=O) groups excluding carboxylic acids is 1. The van der Waals surface area contributed by atoms with Gasteiger partial charge in [-0.05, 0) is 38.4 Å². The lowest BCUT2D eigenvalue weighted by Crippen LogP contribution is -2.40. The van der Waals surface area contributed by atoms with Crippen LogP contribution in [0.15, 0.2) is 18.2 Å². The standard InChI is InChI=1S/C15H20Cl2N2O2/c1-10-4-3-7-19(10)9-14(21)18-8-13(20)15-11(16)5-2-6-12(15)17/h2,5-6,10,13,20H,3-4,7-9H2,1H3,(H,18,21). The number of halogens is 2. The van der Waals surface area contributed by atoms with E-state index in [1.165, 1.54) is 0 Å². The summed E-state index contributed by atoms with van der Waals surface area (Å²) in [5.41, 5.74) is 0.454. The Morgan fingerprint density at radius 2 is 2.14 bits per heavy atom. The molecule has 21 heavy (non-hydrogen) atoms. The van der Waals surface area contributed by atoms with E-state index in [0.29, 0.717) is 28.2 Å². The zero-order chi connectivity index (χ0) is 15.4. The highest BCUT2D eigenvalue weighted by Gasteiger charge is 2.23. The molecule has 1 aliphatic rings. The fourth-order valence-corrected chi connectivity index (χ4v) is 3.26. The van der Waals surface area contributed by atoms with Crippen LogP contribution in [0.1, 0.15) is 31.4 Å². The maximum absolute atomic E-state index is 11.9. The van der Waals surface area contributed by atoms with Crippen molar-refractivity contribution in [1.82, 2.24) is 10.2 Å². The lowest BCUT2D eigenvalue weighted by Gasteiger charge is -2.21. The highest BCUT2D eigenvalue weighted by molar-refractivity contribution is 6.36. The molecular formula is C15H20Cl2N2O2. The number of hydrogen-bond donors (Lipinski definition) is 2. The van der Waals surface area contributed by atoms with Gasteiger partial charge in [0.25, 0.3) is 0 Å². The SMILES string of the molecule is CC1CCCN1CC(=O)NCC(O)c1c(Cl)cccc1Cl. The van der Waals surface area contributed by atoms with Crippen molar-refractivity contribution in [3.8, 4) is 0 Å². The van der Waals surface area contributed by atoms with E-state index in [1.54, 1.807) is 18.2 Å². The van der Waals surface area contributed by atoms with Crippen molar-refractivity contribution in [3.63, 3.8) is 0 Å². The third kappa shape index (κ3) is 4.33. The lowest BCUT2D eigenvalue weighted by molar-refractivity contribution is -0.122. The van der Waals surface area contributed by atoms with Gasteiger partial charge in [0.05, 0.1) is 12.6 Å². The zero-order valence-corrected chi connectivity index (χ0v) is 13.5. The second kappa shape index (κ2) is 7.45. The number of nitrogens with zero attached hydrogens (tertiary/aromatic N) is 1. The van der Waals surface area contributed by atoms with Crippen LogP contribution in [0.2, 0.25) is 10.0 Å². The predicted octanol–water partition coefficient (Wildman–Crippen LogP) is 2.63. The van der Waals surface area contributed by atoms with Crippen LogP contribution in [0.25, 0.3) is 0 Å². The Bertz CT molecular complexity index is 490. The Morgan fingerprint density at radius 1 is 1.48 bits per heavy atom. The summed E-state index contributed by atoms with van der Waals surface area (Å²) < 4.78 is 0. The summed E-state index contributed by atoms with van der Waals surface area (Å²) in [5.74, 6) is -0.0917. The van der Waals surface area contributed by atoms with E-state index in [4.69, 9.17) is 23.2 Å². The van der Waals surface area contributed by atoms with Crippen molar-refractivity contribution in [1.29, 1.82) is 0 Å². The molecule has 4 nitrogen and oxygen atoms in total. The van der Waals surface area contributed by atoms with Crippen LogP contribution in [0, 0.1) is 0 Å². The Labute approximate surface area is 135 Å². The predicted molar refractivity (Wildman–Crippen MR) is 84.7 cm³/mol. The fraction of sp³-hybridized carbons (Fsp3) is 0.533. The first kappa shape index (κ1) is 16.6. The number of aliphatic hydroxyl groups is 1. The molecule has 1 aromatic rings. The first-order valence-electron chi connectivity index (χ1n) is 7.11. The number of nitrogens with one attached hydrogen (secondary N) is 1. The van der Waals surface area contributed by atoms with E-state index < -0.39 is 6.10 Å². The summed E-state index contributed by atoms with van der Waals surface area (Å²) >= 11 is 12.1. The van der Waals surface area contributed by atoms with Crippen molar-refractivity contribution in [2.75, 3.05) is 19.6 Å². The molecule has 1 heterocycles. The number of likely N-dealkylation sites (tertiary alicyclic amines) is 1. The Hall–Kier alpha value is -0.810. The minimum absolute atomic E-state index is 0.0917. The zero-order valence-electron chi connectivity index (χ0n) is 12.0. The Kier molecular flexibility index (Phi) is 5.88. The third-order valence-corrected chi connectivity index (χ3v) is 4.52. The molecule has 116 valence electrons. The van der Waals surface area contributed by atoms with Gasteiger partial charge in [-0.3, -0.25) is 9.69 Å². The highest BCUT2D eigenvalue weighted by Crippen LogP contribution is 2.29. The first-order chi connectivity index (χ1) is 9.99. The van der Waals surface area contributed by atoms with Crippen LogP contribution >= 0.6 is 23.2 Å². The van der Waals surface area contributed by atoms with E-state index in [-0.39, 0.29) is 12.5 Å². The molecule has 1 fully saturated rings. The van der Waals surface area contributed by atoms with Gasteiger partial charge in [-0.1, -0.05) is 29.3 Å². The summed E-state index contributed by atoms with van der Waals surface area (Å²) in [7, 11) is 0. The molecule has 1 aliphatic heterocycles. The number of benzene rings is 1. The van der Waals surface area contributed by atoms with E-state index >= 15 is 0 Å². The molecule has 2 atom stereocenters. The van der Waals surface area contributed by atoms with Gasteiger partial charge in [0, 0.05) is 28.2 Å². The van der Waals surface area contributed by atoms with Gasteiger partial charge in [-0.2, -0.15) is 0 Å². The number of rotatable bonds is 5. The topological polar surface area (TPSA) is 52.6 Å². The van der Waals surface area contributed by atoms with Crippen LogP contribution in [-0.4, -0.2) is 41.6 Å². The minimum atomic E-state index is -0.911. The van der Waals surface area contributed by atoms with E-state index in [0.717, 1.165) is 19.4 Å². The van der Waals surface area contributed by atoms with Crippen molar-refractivity contribution in [2.24, 2.45) is 0 Å². The second-order valence-corrected chi connectivity index (χ2v) is 6.23. The van der Waals surface area contributed by atoms with Gasteiger partial charge < -0.3 is 10.4 Å². The summed E-state index contributed by atoms with van der Waals surface area (Å²) in [6, 6.07) is 5.49. The first-order valence-corrected chi connectivity index (χ1v) is 7.87. The van der Waals surface area contributed by atoms with E-state index in [2.05, 4.69) is 17.1 Å². The molecule has 0 bridgehead atoms. The molecule has 0 radical (unpaired) electrons. The van der Waals surface area contributed by atoms with E-state index in [9.17, 15) is 9.90 Å². The fourth-order valence-electron chi connectivity index (χ4n) is 2.61. The normalized spacial score (nSPS) is 20.5. The average Bonchev–Trinajstić information content (AvgIpc) is 2.82. The molecular weight excluding hydrogens is 311 g/mol. The van der Waals surface area contributed by atoms with Crippen LogP contribution < -0.4 is 5.32 Å². The maximum atomic E-state index is 11.9. The summed E-state index contributed by atoms with van der Waals surface area (Å²) in [6.45, 7) is 3.54. The van der Waals surface area contributed by atoms with Gasteiger partial charge >= 0.3 is 0 Å². The van der Waals surface area contributed by atoms with Gasteiger partial charge in [0.1, 0.15) is 0 Å². The smallest absolute Gasteiger partial charge is 0.234 e. The van der Waals surface area contributed by atoms with Gasteiger partial charge in [0.2, 0.25) is 5.91 Å². The molecule has 2 N–H and O–H groups in total. The third-order valence-electron chi connectivity index (χ3n) is 3.86. The number of hydrogen-bond acceptors (Lipinski definition) is 3. The maximum Gasteiger partial charge on any atom is 0.234 e. The van der Waals surface area contributed by atoms with Gasteiger partial charge in [0.15, 0.2) is 0 Å². The molecule has 0 aromatic heterocycles. The van der Waals surface area contributed by atoms with Gasteiger partial charge in [-0.15, -0.1) is 0 Å². The molecule has 1 aromatic carbocycles. The largest absolute Gasteiger partial charge is 0.386 e. The lowest BCUT2D eigenvalue weighted by atomic mass is 10.1. The van der Waals surface area contributed by atoms with Crippen LogP contribution in [-0.2, 0) is 4.79 Å². The molecule has 0 saturated carbocycles. The molecule has 6 heteroatoms. The van der Waals surface area contributed by atoms with Crippen molar-refractivity contribution in [2.45, 2.75) is 31.9 Å². The summed E-state index contributed by atoms with van der Waals surface area (Å²) in [6.07, 6.45) is 1.35. The average molecular weight is 331 g/mol. The van der Waals surface area contributed by atoms with Crippen LogP contribution in [0.3, 0.4) is 0 Å². The van der Waals surface area contributed by atoms with E-state index in [1.807, 2.05) is 0 Å². The summed E-state index contributed by atoms with van der Waals surface area (Å²) in [5, 5.41) is 13.7. The minimum Gasteiger partial charge on any atom is -0.386 e. The van der Waals surface area contributed by atoms with Crippen molar-refractivity contribution >= 4 is 29.1 Å².